The molecular weight excluding hydrogens is 304 g/mol. The highest BCUT2D eigenvalue weighted by Crippen LogP contribution is 2.39. The minimum absolute atomic E-state index is 0.0510. The number of rotatable bonds is 5. The molecule has 0 saturated heterocycles. The van der Waals surface area contributed by atoms with Gasteiger partial charge in [-0.15, -0.1) is 0 Å². The highest BCUT2D eigenvalue weighted by Gasteiger charge is 2.37. The molecule has 0 radical (unpaired) electrons. The number of carbonyl (C=O) groups is 1. The fourth-order valence-corrected chi connectivity index (χ4v) is 2.78. The second-order valence-electron chi connectivity index (χ2n) is 6.00. The standard InChI is InChI=1S/C19H22N2O3/c1-4-23-19(22)16-14(10-12(2)3)15(11-20)18(21)24-17(16)13-8-6-5-7-9-13/h5-9,12,14H,4,10,21H2,1-3H3/t14-/m0/s1. The molecule has 0 aliphatic carbocycles. The Morgan fingerprint density at radius 3 is 2.58 bits per heavy atom. The number of benzene rings is 1. The summed E-state index contributed by atoms with van der Waals surface area (Å²) in [5, 5.41) is 9.49. The van der Waals surface area contributed by atoms with Crippen LogP contribution >= 0.6 is 0 Å². The van der Waals surface area contributed by atoms with Crippen LogP contribution in [0, 0.1) is 23.2 Å². The van der Waals surface area contributed by atoms with E-state index >= 15 is 0 Å². The lowest BCUT2D eigenvalue weighted by molar-refractivity contribution is -0.139. The van der Waals surface area contributed by atoms with Crippen molar-refractivity contribution in [2.45, 2.75) is 27.2 Å². The van der Waals surface area contributed by atoms with Gasteiger partial charge in [-0.2, -0.15) is 5.26 Å². The van der Waals surface area contributed by atoms with Gasteiger partial charge in [0.1, 0.15) is 11.8 Å². The molecule has 1 aromatic rings. The summed E-state index contributed by atoms with van der Waals surface area (Å²) >= 11 is 0. The molecule has 1 heterocycles. The highest BCUT2D eigenvalue weighted by atomic mass is 16.5. The topological polar surface area (TPSA) is 85.3 Å². The number of hydrogen-bond donors (Lipinski definition) is 1. The van der Waals surface area contributed by atoms with Crippen molar-refractivity contribution in [1.29, 1.82) is 5.26 Å². The lowest BCUT2D eigenvalue weighted by atomic mass is 9.81. The zero-order chi connectivity index (χ0) is 17.7. The van der Waals surface area contributed by atoms with Crippen LogP contribution in [0.25, 0.3) is 5.76 Å². The third-order valence-corrected chi connectivity index (χ3v) is 3.78. The summed E-state index contributed by atoms with van der Waals surface area (Å²) in [6, 6.07) is 11.4. The third-order valence-electron chi connectivity index (χ3n) is 3.78. The van der Waals surface area contributed by atoms with Crippen LogP contribution in [-0.2, 0) is 14.3 Å². The Labute approximate surface area is 142 Å². The van der Waals surface area contributed by atoms with E-state index in [1.807, 2.05) is 44.2 Å². The monoisotopic (exact) mass is 326 g/mol. The first kappa shape index (κ1) is 17.6. The average molecular weight is 326 g/mol. The molecule has 0 aromatic heterocycles. The summed E-state index contributed by atoms with van der Waals surface area (Å²) in [4.78, 5) is 12.6. The smallest absolute Gasteiger partial charge is 0.338 e. The van der Waals surface area contributed by atoms with E-state index in [9.17, 15) is 10.1 Å². The first-order chi connectivity index (χ1) is 11.5. The van der Waals surface area contributed by atoms with Gasteiger partial charge in [0.2, 0.25) is 5.88 Å². The Bertz CT molecular complexity index is 712. The maximum atomic E-state index is 12.6. The van der Waals surface area contributed by atoms with Gasteiger partial charge in [0.05, 0.1) is 17.8 Å². The summed E-state index contributed by atoms with van der Waals surface area (Å²) in [5.41, 5.74) is 7.35. The quantitative estimate of drug-likeness (QED) is 0.839. The first-order valence-electron chi connectivity index (χ1n) is 8.03. The summed E-state index contributed by atoms with van der Waals surface area (Å²) in [7, 11) is 0. The van der Waals surface area contributed by atoms with Crippen LogP contribution in [0.15, 0.2) is 47.4 Å². The Morgan fingerprint density at radius 1 is 1.38 bits per heavy atom. The molecule has 24 heavy (non-hydrogen) atoms. The molecule has 2 rings (SSSR count). The van der Waals surface area contributed by atoms with E-state index in [2.05, 4.69) is 6.07 Å². The van der Waals surface area contributed by atoms with Gasteiger partial charge in [-0.05, 0) is 19.3 Å². The number of nitrogens with two attached hydrogens (primary N) is 1. The predicted molar refractivity (Wildman–Crippen MR) is 90.9 cm³/mol. The summed E-state index contributed by atoms with van der Waals surface area (Å²) < 4.78 is 10.9. The SMILES string of the molecule is CCOC(=O)C1=C(c2ccccc2)OC(N)=C(C#N)[C@@H]1CC(C)C. The van der Waals surface area contributed by atoms with E-state index in [1.165, 1.54) is 0 Å². The Morgan fingerprint density at radius 2 is 2.04 bits per heavy atom. The number of ether oxygens (including phenoxy) is 2. The predicted octanol–water partition coefficient (Wildman–Crippen LogP) is 3.35. The first-order valence-corrected chi connectivity index (χ1v) is 8.03. The second-order valence-corrected chi connectivity index (χ2v) is 6.00. The van der Waals surface area contributed by atoms with E-state index < -0.39 is 11.9 Å². The summed E-state index contributed by atoms with van der Waals surface area (Å²) in [5.74, 6) is -0.211. The molecule has 0 spiro atoms. The summed E-state index contributed by atoms with van der Waals surface area (Å²) in [6.07, 6.45) is 0.609. The minimum atomic E-state index is -0.470. The average Bonchev–Trinajstić information content (AvgIpc) is 2.55. The zero-order valence-electron chi connectivity index (χ0n) is 14.2. The Hall–Kier alpha value is -2.74. The molecular formula is C19H22N2O3. The van der Waals surface area contributed by atoms with Crippen molar-refractivity contribution in [3.8, 4) is 6.07 Å². The minimum Gasteiger partial charge on any atom is -0.463 e. The molecule has 0 fully saturated rings. The fourth-order valence-electron chi connectivity index (χ4n) is 2.78. The molecule has 1 atom stereocenters. The van der Waals surface area contributed by atoms with Crippen molar-refractivity contribution in [2.75, 3.05) is 6.61 Å². The Kier molecular flexibility index (Phi) is 5.64. The number of nitriles is 1. The van der Waals surface area contributed by atoms with Gasteiger partial charge >= 0.3 is 5.97 Å². The van der Waals surface area contributed by atoms with Crippen LogP contribution in [0.1, 0.15) is 32.8 Å². The molecule has 1 aromatic carbocycles. The van der Waals surface area contributed by atoms with Crippen LogP contribution in [0.5, 0.6) is 0 Å². The number of hydrogen-bond acceptors (Lipinski definition) is 5. The van der Waals surface area contributed by atoms with Crippen LogP contribution in [0.3, 0.4) is 0 Å². The molecule has 126 valence electrons. The number of allylic oxidation sites excluding steroid dienone is 1. The van der Waals surface area contributed by atoms with E-state index in [4.69, 9.17) is 15.2 Å². The highest BCUT2D eigenvalue weighted by molar-refractivity contribution is 5.98. The zero-order valence-corrected chi connectivity index (χ0v) is 14.2. The van der Waals surface area contributed by atoms with Gasteiger partial charge < -0.3 is 15.2 Å². The fraction of sp³-hybridized carbons (Fsp3) is 0.368. The molecule has 1 aliphatic heterocycles. The molecule has 0 unspecified atom stereocenters. The van der Waals surface area contributed by atoms with Gasteiger partial charge in [0.15, 0.2) is 0 Å². The van der Waals surface area contributed by atoms with Crippen molar-refractivity contribution < 1.29 is 14.3 Å². The van der Waals surface area contributed by atoms with E-state index in [0.717, 1.165) is 5.56 Å². The Balaban J connectivity index is 2.63. The van der Waals surface area contributed by atoms with Crippen molar-refractivity contribution in [3.05, 3.63) is 52.9 Å². The molecule has 0 amide bonds. The molecule has 5 nitrogen and oxygen atoms in total. The van der Waals surface area contributed by atoms with Crippen molar-refractivity contribution in [3.63, 3.8) is 0 Å². The maximum absolute atomic E-state index is 12.6. The number of nitrogens with zero attached hydrogens (tertiary/aromatic N) is 1. The molecule has 1 aliphatic rings. The van der Waals surface area contributed by atoms with Crippen molar-refractivity contribution >= 4 is 11.7 Å². The van der Waals surface area contributed by atoms with Crippen LogP contribution < -0.4 is 5.73 Å². The number of esters is 1. The van der Waals surface area contributed by atoms with Gasteiger partial charge in [-0.1, -0.05) is 44.2 Å². The molecule has 0 saturated carbocycles. The lowest BCUT2D eigenvalue weighted by Gasteiger charge is -2.28. The van der Waals surface area contributed by atoms with Crippen LogP contribution in [0.4, 0.5) is 0 Å². The maximum Gasteiger partial charge on any atom is 0.338 e. The van der Waals surface area contributed by atoms with E-state index in [-0.39, 0.29) is 24.0 Å². The van der Waals surface area contributed by atoms with Crippen molar-refractivity contribution in [2.24, 2.45) is 17.6 Å². The largest absolute Gasteiger partial charge is 0.463 e. The van der Waals surface area contributed by atoms with Crippen molar-refractivity contribution in [1.82, 2.24) is 0 Å². The number of carbonyl (C=O) groups excluding carboxylic acids is 1. The van der Waals surface area contributed by atoms with Gasteiger partial charge in [0, 0.05) is 11.5 Å². The molecule has 0 bridgehead atoms. The lowest BCUT2D eigenvalue weighted by Crippen LogP contribution is -2.27. The van der Waals surface area contributed by atoms with E-state index in [1.54, 1.807) is 6.92 Å². The van der Waals surface area contributed by atoms with E-state index in [0.29, 0.717) is 17.8 Å². The second kappa shape index (κ2) is 7.69. The van der Waals surface area contributed by atoms with Crippen LogP contribution in [-0.4, -0.2) is 12.6 Å². The van der Waals surface area contributed by atoms with Gasteiger partial charge in [0.25, 0.3) is 0 Å². The molecule has 5 heteroatoms. The third kappa shape index (κ3) is 3.60. The summed E-state index contributed by atoms with van der Waals surface area (Å²) in [6.45, 7) is 6.06. The van der Waals surface area contributed by atoms with Crippen LogP contribution in [0.2, 0.25) is 0 Å². The normalized spacial score (nSPS) is 17.5. The molecule has 2 N–H and O–H groups in total. The van der Waals surface area contributed by atoms with Gasteiger partial charge in [-0.25, -0.2) is 4.79 Å². The van der Waals surface area contributed by atoms with Gasteiger partial charge in [-0.3, -0.25) is 0 Å².